The summed E-state index contributed by atoms with van der Waals surface area (Å²) in [6, 6.07) is 7.60. The molecule has 0 aliphatic carbocycles. The standard InChI is InChI=1S/C22H27FN4O3S/c23-20-5-4-19(16-21(20)31(29,30)27-10-2-1-3-11-27)22(28)26-14-12-25(13-15-26)17-18-6-8-24-9-7-18/h4-9,16H,1-3,10-15,17H2. The molecule has 2 aromatic rings. The molecule has 0 radical (unpaired) electrons. The van der Waals surface area contributed by atoms with Crippen molar-refractivity contribution in [1.82, 2.24) is 19.1 Å². The molecule has 0 saturated carbocycles. The normalized spacial score (nSPS) is 18.8. The van der Waals surface area contributed by atoms with Gasteiger partial charge in [0, 0.05) is 63.8 Å². The van der Waals surface area contributed by atoms with Gasteiger partial charge in [-0.1, -0.05) is 6.42 Å². The molecule has 0 unspecified atom stereocenters. The van der Waals surface area contributed by atoms with Gasteiger partial charge in [-0.3, -0.25) is 14.7 Å². The summed E-state index contributed by atoms with van der Waals surface area (Å²) in [7, 11) is -3.95. The van der Waals surface area contributed by atoms with Crippen molar-refractivity contribution in [3.05, 3.63) is 59.7 Å². The number of piperidine rings is 1. The van der Waals surface area contributed by atoms with Crippen LogP contribution in [0.25, 0.3) is 0 Å². The van der Waals surface area contributed by atoms with Crippen LogP contribution in [0, 0.1) is 5.82 Å². The first kappa shape index (κ1) is 21.9. The van der Waals surface area contributed by atoms with E-state index in [1.165, 1.54) is 22.0 Å². The van der Waals surface area contributed by atoms with Crippen molar-refractivity contribution >= 4 is 15.9 Å². The fourth-order valence-electron chi connectivity index (χ4n) is 4.12. The number of halogens is 1. The summed E-state index contributed by atoms with van der Waals surface area (Å²) >= 11 is 0. The van der Waals surface area contributed by atoms with Crippen LogP contribution in [-0.4, -0.2) is 72.7 Å². The summed E-state index contributed by atoms with van der Waals surface area (Å²) in [5.41, 5.74) is 1.38. The molecule has 0 spiro atoms. The van der Waals surface area contributed by atoms with E-state index in [1.807, 2.05) is 12.1 Å². The van der Waals surface area contributed by atoms with Gasteiger partial charge >= 0.3 is 0 Å². The molecule has 2 saturated heterocycles. The number of sulfonamides is 1. The van der Waals surface area contributed by atoms with E-state index in [4.69, 9.17) is 0 Å². The van der Waals surface area contributed by atoms with E-state index in [2.05, 4.69) is 9.88 Å². The molecule has 31 heavy (non-hydrogen) atoms. The second kappa shape index (κ2) is 9.42. The summed E-state index contributed by atoms with van der Waals surface area (Å²) < 4.78 is 41.6. The Morgan fingerprint density at radius 1 is 0.935 bits per heavy atom. The molecule has 0 atom stereocenters. The summed E-state index contributed by atoms with van der Waals surface area (Å²) in [6.07, 6.45) is 6.03. The number of pyridine rings is 1. The minimum atomic E-state index is -3.95. The van der Waals surface area contributed by atoms with Crippen LogP contribution in [0.5, 0.6) is 0 Å². The van der Waals surface area contributed by atoms with Crippen LogP contribution in [0.3, 0.4) is 0 Å². The molecular weight excluding hydrogens is 419 g/mol. The number of piperazine rings is 1. The fraction of sp³-hybridized carbons (Fsp3) is 0.455. The molecule has 4 rings (SSSR count). The largest absolute Gasteiger partial charge is 0.336 e. The van der Waals surface area contributed by atoms with Crippen LogP contribution in [0.1, 0.15) is 35.2 Å². The third-order valence-corrected chi connectivity index (χ3v) is 7.84. The molecule has 166 valence electrons. The van der Waals surface area contributed by atoms with Gasteiger partial charge in [0.05, 0.1) is 0 Å². The van der Waals surface area contributed by atoms with Crippen LogP contribution in [0.2, 0.25) is 0 Å². The van der Waals surface area contributed by atoms with Crippen molar-refractivity contribution in [3.63, 3.8) is 0 Å². The number of carbonyl (C=O) groups is 1. The molecule has 3 heterocycles. The third-order valence-electron chi connectivity index (χ3n) is 5.93. The lowest BCUT2D eigenvalue weighted by atomic mass is 10.1. The first-order chi connectivity index (χ1) is 14.9. The SMILES string of the molecule is O=C(c1ccc(F)c(S(=O)(=O)N2CCCCC2)c1)N1CCN(Cc2ccncc2)CC1. The van der Waals surface area contributed by atoms with Crippen molar-refractivity contribution in [1.29, 1.82) is 0 Å². The van der Waals surface area contributed by atoms with Crippen molar-refractivity contribution < 1.29 is 17.6 Å². The molecule has 1 amide bonds. The van der Waals surface area contributed by atoms with E-state index >= 15 is 0 Å². The predicted molar refractivity (Wildman–Crippen MR) is 114 cm³/mol. The Bertz CT molecular complexity index is 1020. The average molecular weight is 447 g/mol. The van der Waals surface area contributed by atoms with E-state index in [9.17, 15) is 17.6 Å². The van der Waals surface area contributed by atoms with Crippen molar-refractivity contribution in [3.8, 4) is 0 Å². The van der Waals surface area contributed by atoms with Gasteiger partial charge in [-0.2, -0.15) is 4.31 Å². The lowest BCUT2D eigenvalue weighted by Crippen LogP contribution is -2.48. The lowest BCUT2D eigenvalue weighted by molar-refractivity contribution is 0.0628. The molecule has 1 aromatic carbocycles. The van der Waals surface area contributed by atoms with E-state index in [0.29, 0.717) is 39.3 Å². The summed E-state index contributed by atoms with van der Waals surface area (Å²) in [5, 5.41) is 0. The second-order valence-electron chi connectivity index (χ2n) is 8.03. The van der Waals surface area contributed by atoms with Crippen LogP contribution < -0.4 is 0 Å². The van der Waals surface area contributed by atoms with Crippen LogP contribution in [0.4, 0.5) is 4.39 Å². The van der Waals surface area contributed by atoms with E-state index in [0.717, 1.165) is 31.9 Å². The number of benzene rings is 1. The maximum Gasteiger partial charge on any atom is 0.253 e. The van der Waals surface area contributed by atoms with Gasteiger partial charge in [-0.05, 0) is 48.7 Å². The van der Waals surface area contributed by atoms with Gasteiger partial charge in [0.15, 0.2) is 0 Å². The zero-order valence-corrected chi connectivity index (χ0v) is 18.2. The first-order valence-corrected chi connectivity index (χ1v) is 12.1. The second-order valence-corrected chi connectivity index (χ2v) is 9.94. The zero-order chi connectivity index (χ0) is 21.8. The molecule has 0 bridgehead atoms. The van der Waals surface area contributed by atoms with Crippen LogP contribution in [-0.2, 0) is 16.6 Å². The number of aromatic nitrogens is 1. The smallest absolute Gasteiger partial charge is 0.253 e. The van der Waals surface area contributed by atoms with E-state index in [1.54, 1.807) is 17.3 Å². The highest BCUT2D eigenvalue weighted by Gasteiger charge is 2.30. The highest BCUT2D eigenvalue weighted by atomic mass is 32.2. The maximum absolute atomic E-state index is 14.4. The number of carbonyl (C=O) groups excluding carboxylic acids is 1. The molecule has 2 aliphatic rings. The molecule has 0 N–H and O–H groups in total. The molecule has 2 fully saturated rings. The molecule has 2 aliphatic heterocycles. The Balaban J connectivity index is 1.44. The Labute approximate surface area is 182 Å². The predicted octanol–water partition coefficient (Wildman–Crippen LogP) is 2.35. The molecule has 1 aromatic heterocycles. The Kier molecular flexibility index (Phi) is 6.64. The monoisotopic (exact) mass is 446 g/mol. The van der Waals surface area contributed by atoms with Gasteiger partial charge in [0.2, 0.25) is 10.0 Å². The quantitative estimate of drug-likeness (QED) is 0.705. The molecule has 7 nitrogen and oxygen atoms in total. The van der Waals surface area contributed by atoms with Crippen molar-refractivity contribution in [2.75, 3.05) is 39.3 Å². The highest BCUT2D eigenvalue weighted by molar-refractivity contribution is 7.89. The van der Waals surface area contributed by atoms with Crippen molar-refractivity contribution in [2.45, 2.75) is 30.7 Å². The van der Waals surface area contributed by atoms with Gasteiger partial charge in [-0.15, -0.1) is 0 Å². The van der Waals surface area contributed by atoms with Crippen molar-refractivity contribution in [2.24, 2.45) is 0 Å². The van der Waals surface area contributed by atoms with Gasteiger partial charge in [0.25, 0.3) is 5.91 Å². The van der Waals surface area contributed by atoms with Crippen LogP contribution >= 0.6 is 0 Å². The van der Waals surface area contributed by atoms with Gasteiger partial charge in [-0.25, -0.2) is 12.8 Å². The fourth-order valence-corrected chi connectivity index (χ4v) is 5.72. The number of nitrogens with zero attached hydrogens (tertiary/aromatic N) is 4. The average Bonchev–Trinajstić information content (AvgIpc) is 2.80. The summed E-state index contributed by atoms with van der Waals surface area (Å²) in [5.74, 6) is -1.08. The van der Waals surface area contributed by atoms with E-state index < -0.39 is 20.7 Å². The maximum atomic E-state index is 14.4. The Hall–Kier alpha value is -2.36. The summed E-state index contributed by atoms with van der Waals surface area (Å²) in [6.45, 7) is 4.07. The van der Waals surface area contributed by atoms with Gasteiger partial charge in [0.1, 0.15) is 10.7 Å². The highest BCUT2D eigenvalue weighted by Crippen LogP contribution is 2.24. The Morgan fingerprint density at radius 3 is 2.29 bits per heavy atom. The number of rotatable bonds is 5. The number of hydrogen-bond acceptors (Lipinski definition) is 5. The Morgan fingerprint density at radius 2 is 1.61 bits per heavy atom. The number of hydrogen-bond donors (Lipinski definition) is 0. The lowest BCUT2D eigenvalue weighted by Gasteiger charge is -2.35. The molecular formula is C22H27FN4O3S. The van der Waals surface area contributed by atoms with E-state index in [-0.39, 0.29) is 11.5 Å². The minimum absolute atomic E-state index is 0.208. The molecule has 9 heteroatoms. The first-order valence-electron chi connectivity index (χ1n) is 10.7. The van der Waals surface area contributed by atoms with Gasteiger partial charge < -0.3 is 4.90 Å². The zero-order valence-electron chi connectivity index (χ0n) is 17.4. The summed E-state index contributed by atoms with van der Waals surface area (Å²) in [4.78, 5) is 20.6. The third kappa shape index (κ3) is 4.94. The topological polar surface area (TPSA) is 73.8 Å². The number of amides is 1. The minimum Gasteiger partial charge on any atom is -0.336 e. The van der Waals surface area contributed by atoms with Crippen LogP contribution in [0.15, 0.2) is 47.6 Å².